The van der Waals surface area contributed by atoms with Crippen molar-refractivity contribution >= 4 is 58.4 Å². The number of hydrazine groups is 1. The zero-order valence-electron chi connectivity index (χ0n) is 34.5. The molecular weight excluding hydrogens is 827 g/mol. The molecule has 1 aromatic heterocycles. The van der Waals surface area contributed by atoms with E-state index in [0.717, 1.165) is 80.4 Å². The third kappa shape index (κ3) is 6.47. The van der Waals surface area contributed by atoms with E-state index in [-0.39, 0.29) is 58.3 Å². The lowest BCUT2D eigenvalue weighted by Gasteiger charge is -2.58. The largest absolute Gasteiger partial charge is 0.469 e. The predicted octanol–water partition coefficient (Wildman–Crippen LogP) is 9.06. The number of carbonyl (C=O) groups excluding carboxylic acids is 4. The summed E-state index contributed by atoms with van der Waals surface area (Å²) >= 11 is 18.6. The van der Waals surface area contributed by atoms with Crippen LogP contribution in [-0.2, 0) is 28.6 Å². The first-order chi connectivity index (χ1) is 28.6. The molecule has 1 amide bonds. The van der Waals surface area contributed by atoms with Crippen molar-refractivity contribution < 1.29 is 33.4 Å². The van der Waals surface area contributed by atoms with Crippen molar-refractivity contribution in [3.63, 3.8) is 0 Å². The van der Waals surface area contributed by atoms with Crippen LogP contribution in [0.2, 0.25) is 15.1 Å². The monoisotopic (exact) mass is 876 g/mol. The number of nitrogens with one attached hydrogen (secondary N) is 1. The summed E-state index contributed by atoms with van der Waals surface area (Å²) in [4.78, 5) is 50.4. The second-order valence-corrected chi connectivity index (χ2v) is 19.6. The van der Waals surface area contributed by atoms with Crippen molar-refractivity contribution in [1.29, 1.82) is 0 Å². The van der Waals surface area contributed by atoms with E-state index < -0.39 is 11.2 Å². The highest BCUT2D eigenvalue weighted by molar-refractivity contribution is 6.35. The molecule has 14 heteroatoms. The number of hydrogen-bond acceptors (Lipinski definition) is 9. The van der Waals surface area contributed by atoms with E-state index >= 15 is 0 Å². The smallest absolute Gasteiger partial charge is 0.309 e. The van der Waals surface area contributed by atoms with E-state index in [9.17, 15) is 19.2 Å². The van der Waals surface area contributed by atoms with Crippen molar-refractivity contribution in [3.8, 4) is 16.9 Å². The molecule has 3 saturated heterocycles. The fraction of sp³-hybridized carbons (Fsp3) is 0.543. The summed E-state index contributed by atoms with van der Waals surface area (Å²) in [6.45, 7) is 8.09. The maximum absolute atomic E-state index is 13.1. The second-order valence-electron chi connectivity index (χ2n) is 18.3. The number of ketones is 1. The van der Waals surface area contributed by atoms with Crippen LogP contribution in [0.1, 0.15) is 101 Å². The number of epoxide rings is 1. The van der Waals surface area contributed by atoms with Gasteiger partial charge in [-0.05, 0) is 101 Å². The van der Waals surface area contributed by atoms with Crippen molar-refractivity contribution in [1.82, 2.24) is 20.2 Å². The van der Waals surface area contributed by atoms with Crippen LogP contribution in [0.4, 0.5) is 0 Å². The Hall–Kier alpha value is -3.74. The van der Waals surface area contributed by atoms with Crippen LogP contribution < -0.4 is 5.43 Å². The average Bonchev–Trinajstić information content (AvgIpc) is 3.49. The molecule has 11 nitrogen and oxygen atoms in total. The van der Waals surface area contributed by atoms with E-state index in [1.807, 2.05) is 36.2 Å². The zero-order chi connectivity index (χ0) is 42.4. The van der Waals surface area contributed by atoms with Crippen LogP contribution in [0.25, 0.3) is 16.9 Å². The molecule has 3 saturated carbocycles. The minimum Gasteiger partial charge on any atom is -0.469 e. The molecule has 318 valence electrons. The molecule has 7 aliphatic rings. The number of esters is 2. The van der Waals surface area contributed by atoms with Gasteiger partial charge in [-0.15, -0.1) is 0 Å². The molecule has 0 radical (unpaired) electrons. The van der Waals surface area contributed by atoms with Gasteiger partial charge in [-0.3, -0.25) is 24.6 Å². The van der Waals surface area contributed by atoms with Crippen molar-refractivity contribution in [2.24, 2.45) is 28.6 Å². The number of methoxy groups -OCH3 is 1. The molecular formula is C46H51Cl3N4O7. The molecule has 2 aromatic carbocycles. The minimum absolute atomic E-state index is 0.0303. The third-order valence-corrected chi connectivity index (χ3v) is 16.2. The number of hydrogen-bond donors (Lipinski definition) is 1. The quantitative estimate of drug-likeness (QED) is 0.197. The summed E-state index contributed by atoms with van der Waals surface area (Å²) in [6, 6.07) is 12.6. The first kappa shape index (κ1) is 41.6. The van der Waals surface area contributed by atoms with E-state index in [1.165, 1.54) is 13.5 Å². The van der Waals surface area contributed by atoms with Crippen molar-refractivity contribution in [2.75, 3.05) is 20.2 Å². The minimum atomic E-state index is -0.424. The second kappa shape index (κ2) is 15.3. The van der Waals surface area contributed by atoms with E-state index in [1.54, 1.807) is 29.0 Å². The van der Waals surface area contributed by atoms with E-state index in [2.05, 4.69) is 24.4 Å². The summed E-state index contributed by atoms with van der Waals surface area (Å²) in [5.74, 6) is -0.429. The number of piperidine rings is 1. The molecule has 4 heterocycles. The topological polar surface area (TPSA) is 132 Å². The molecule has 4 aliphatic carbocycles. The van der Waals surface area contributed by atoms with Crippen LogP contribution in [0, 0.1) is 35.5 Å². The third-order valence-electron chi connectivity index (χ3n) is 15.4. The van der Waals surface area contributed by atoms with Gasteiger partial charge in [0, 0.05) is 63.9 Å². The Morgan fingerprint density at radius 2 is 1.68 bits per heavy atom. The standard InChI is InChI=1S/C24H30O6.C22H21Cl3N4O/c1-21-7-4-14(25)10-13(21)11-15(20(27)28-3)19-16-5-8-23(9-6-18(26)30-23)22(16,2)12-17-24(19,21)29-17;1-14-20(22(30)27-28-11-3-2-4-12-28)26-29(19-10-9-17(24)13-18(19)25)21(14)15-5-7-16(23)8-6-15/h10,15-17,19H,4-9,11-12H2,1-3H3;5-10,13H,2-4,11-12H2,1H3,(H,27,30)/t15-,16+,17-,19+,21+,22+,23-,24-;/m1./s1. The molecule has 0 bridgehead atoms. The number of amides is 1. The highest BCUT2D eigenvalue weighted by Crippen LogP contribution is 2.78. The number of carbonyl (C=O) groups is 4. The molecule has 1 N–H and O–H groups in total. The first-order valence-electron chi connectivity index (χ1n) is 21.2. The molecule has 8 atom stereocenters. The Kier molecular flexibility index (Phi) is 10.6. The SMILES string of the molecule is COC(=O)[C@@H]1CC2=CC(=O)CC[C@]2(C)[C@@]23O[C@@H]2C[C@@]2(C)[C@@H](CC[C@@]24CCC(=O)O4)[C@H]13.Cc1c(C(=O)NN2CCCCC2)nn(-c2ccc(Cl)cc2Cl)c1-c1ccc(Cl)cc1. The van der Waals surface area contributed by atoms with E-state index in [4.69, 9.17) is 49.0 Å². The number of rotatable bonds is 5. The van der Waals surface area contributed by atoms with Gasteiger partial charge in [-0.25, -0.2) is 9.69 Å². The van der Waals surface area contributed by atoms with Crippen LogP contribution in [-0.4, -0.2) is 75.9 Å². The summed E-state index contributed by atoms with van der Waals surface area (Å²) in [5, 5.41) is 8.22. The van der Waals surface area contributed by atoms with Crippen LogP contribution in [0.5, 0.6) is 0 Å². The molecule has 3 aliphatic heterocycles. The summed E-state index contributed by atoms with van der Waals surface area (Å²) < 4.78 is 19.6. The maximum atomic E-state index is 13.1. The van der Waals surface area contributed by atoms with Gasteiger partial charge in [0.25, 0.3) is 5.91 Å². The van der Waals surface area contributed by atoms with Gasteiger partial charge >= 0.3 is 11.9 Å². The van der Waals surface area contributed by atoms with Gasteiger partial charge in [0.2, 0.25) is 0 Å². The number of fused-ring (bicyclic) bond motifs is 4. The van der Waals surface area contributed by atoms with Crippen LogP contribution in [0.3, 0.4) is 0 Å². The van der Waals surface area contributed by atoms with Gasteiger partial charge in [-0.1, -0.05) is 72.8 Å². The highest BCUT2D eigenvalue weighted by atomic mass is 35.5. The number of aromatic nitrogens is 2. The maximum Gasteiger partial charge on any atom is 0.309 e. The van der Waals surface area contributed by atoms with Gasteiger partial charge < -0.3 is 14.2 Å². The summed E-state index contributed by atoms with van der Waals surface area (Å²) in [7, 11) is 1.45. The lowest BCUT2D eigenvalue weighted by Crippen LogP contribution is -2.63. The Morgan fingerprint density at radius 3 is 2.37 bits per heavy atom. The number of nitrogens with zero attached hydrogens (tertiary/aromatic N) is 3. The Bertz CT molecular complexity index is 2310. The van der Waals surface area contributed by atoms with Crippen LogP contribution >= 0.6 is 34.8 Å². The fourth-order valence-corrected chi connectivity index (χ4v) is 13.0. The normalized spacial score (nSPS) is 34.0. The van der Waals surface area contributed by atoms with E-state index in [0.29, 0.717) is 45.7 Å². The predicted molar refractivity (Wildman–Crippen MR) is 227 cm³/mol. The fourth-order valence-electron chi connectivity index (χ4n) is 12.4. The number of ether oxygens (including phenoxy) is 3. The van der Waals surface area contributed by atoms with Crippen molar-refractivity contribution in [2.45, 2.75) is 109 Å². The molecule has 6 fully saturated rings. The number of benzene rings is 2. The molecule has 2 spiro atoms. The Morgan fingerprint density at radius 1 is 0.950 bits per heavy atom. The van der Waals surface area contributed by atoms with Gasteiger partial charge in [0.05, 0.1) is 35.5 Å². The molecule has 60 heavy (non-hydrogen) atoms. The average molecular weight is 878 g/mol. The summed E-state index contributed by atoms with van der Waals surface area (Å²) in [5.41, 5.74) is 6.24. The lowest BCUT2D eigenvalue weighted by molar-refractivity contribution is -0.172. The molecule has 3 aromatic rings. The van der Waals surface area contributed by atoms with Gasteiger partial charge in [0.1, 0.15) is 11.2 Å². The number of halogens is 3. The first-order valence-corrected chi connectivity index (χ1v) is 22.4. The van der Waals surface area contributed by atoms with Crippen molar-refractivity contribution in [3.05, 3.63) is 80.4 Å². The Labute approximate surface area is 365 Å². The zero-order valence-corrected chi connectivity index (χ0v) is 36.7. The van der Waals surface area contributed by atoms with Gasteiger partial charge in [0.15, 0.2) is 11.5 Å². The molecule has 0 unspecified atom stereocenters. The molecule has 10 rings (SSSR count). The lowest BCUT2D eigenvalue weighted by atomic mass is 9.43. The van der Waals surface area contributed by atoms with Crippen LogP contribution in [0.15, 0.2) is 54.1 Å². The van der Waals surface area contributed by atoms with Gasteiger partial charge in [-0.2, -0.15) is 5.10 Å². The Balaban J connectivity index is 0.000000154. The summed E-state index contributed by atoms with van der Waals surface area (Å²) in [6.07, 6.45) is 10.9. The highest BCUT2D eigenvalue weighted by Gasteiger charge is 2.83.